The number of hydrogen-bond acceptors (Lipinski definition) is 2. The summed E-state index contributed by atoms with van der Waals surface area (Å²) in [5, 5.41) is 3.03. The Kier molecular flexibility index (Phi) is 10.2. The van der Waals surface area contributed by atoms with Gasteiger partial charge >= 0.3 is 0 Å². The molecule has 0 amide bonds. The minimum Gasteiger partial charge on any atom is -0.377 e. The largest absolute Gasteiger partial charge is 0.377 e. The van der Waals surface area contributed by atoms with Crippen LogP contribution in [0.5, 0.6) is 0 Å². The van der Waals surface area contributed by atoms with E-state index in [4.69, 9.17) is 10.5 Å². The number of guanidine groups is 1. The molecule has 4 nitrogen and oxygen atoms in total. The summed E-state index contributed by atoms with van der Waals surface area (Å²) in [7, 11) is 0. The van der Waals surface area contributed by atoms with Crippen LogP contribution in [0.2, 0.25) is 0 Å². The van der Waals surface area contributed by atoms with Gasteiger partial charge in [0, 0.05) is 13.1 Å². The molecular formula is C12H27N3O. The van der Waals surface area contributed by atoms with Crippen molar-refractivity contribution in [1.82, 2.24) is 5.32 Å². The van der Waals surface area contributed by atoms with Crippen LogP contribution in [-0.4, -0.2) is 31.8 Å². The highest BCUT2D eigenvalue weighted by atomic mass is 16.5. The zero-order valence-corrected chi connectivity index (χ0v) is 11.0. The third-order valence-electron chi connectivity index (χ3n) is 2.15. The van der Waals surface area contributed by atoms with Gasteiger partial charge < -0.3 is 15.8 Å². The number of nitrogens with zero attached hydrogens (tertiary/aromatic N) is 1. The first-order valence-corrected chi connectivity index (χ1v) is 6.32. The SMILES string of the molecule is CCCCCCN=C(N)NCCOC(C)C. The molecule has 0 aliphatic heterocycles. The van der Waals surface area contributed by atoms with Crippen molar-refractivity contribution >= 4 is 5.96 Å². The lowest BCUT2D eigenvalue weighted by molar-refractivity contribution is 0.0830. The van der Waals surface area contributed by atoms with Crippen molar-refractivity contribution in [2.24, 2.45) is 10.7 Å². The van der Waals surface area contributed by atoms with Crippen molar-refractivity contribution in [2.45, 2.75) is 52.6 Å². The maximum atomic E-state index is 5.69. The van der Waals surface area contributed by atoms with Gasteiger partial charge in [0.25, 0.3) is 0 Å². The third kappa shape index (κ3) is 11.3. The van der Waals surface area contributed by atoms with E-state index < -0.39 is 0 Å². The molecule has 0 radical (unpaired) electrons. The van der Waals surface area contributed by atoms with E-state index in [1.165, 1.54) is 19.3 Å². The smallest absolute Gasteiger partial charge is 0.188 e. The van der Waals surface area contributed by atoms with E-state index in [0.717, 1.165) is 19.5 Å². The van der Waals surface area contributed by atoms with Crippen LogP contribution in [0.15, 0.2) is 4.99 Å². The van der Waals surface area contributed by atoms with Crippen molar-refractivity contribution in [3.05, 3.63) is 0 Å². The molecule has 0 aliphatic rings. The molecule has 0 aromatic rings. The molecule has 0 heterocycles. The fourth-order valence-electron chi connectivity index (χ4n) is 1.27. The maximum absolute atomic E-state index is 5.69. The van der Waals surface area contributed by atoms with Gasteiger partial charge in [-0.05, 0) is 20.3 Å². The van der Waals surface area contributed by atoms with Crippen molar-refractivity contribution in [2.75, 3.05) is 19.7 Å². The second kappa shape index (κ2) is 10.7. The number of aliphatic imine (C=N–C) groups is 1. The molecule has 96 valence electrons. The average Bonchev–Trinajstić information content (AvgIpc) is 2.24. The van der Waals surface area contributed by atoms with Crippen LogP contribution in [0.25, 0.3) is 0 Å². The van der Waals surface area contributed by atoms with Crippen molar-refractivity contribution in [3.8, 4) is 0 Å². The number of hydrogen-bond donors (Lipinski definition) is 2. The van der Waals surface area contributed by atoms with E-state index in [-0.39, 0.29) is 6.10 Å². The molecule has 0 aromatic carbocycles. The predicted molar refractivity (Wildman–Crippen MR) is 69.7 cm³/mol. The highest BCUT2D eigenvalue weighted by molar-refractivity contribution is 5.77. The minimum absolute atomic E-state index is 0.272. The number of rotatable bonds is 9. The van der Waals surface area contributed by atoms with Crippen molar-refractivity contribution < 1.29 is 4.74 Å². The summed E-state index contributed by atoms with van der Waals surface area (Å²) in [6.07, 6.45) is 5.17. The zero-order chi connectivity index (χ0) is 12.2. The fraction of sp³-hybridized carbons (Fsp3) is 0.917. The Morgan fingerprint density at radius 1 is 1.31 bits per heavy atom. The molecule has 16 heavy (non-hydrogen) atoms. The minimum atomic E-state index is 0.272. The first-order valence-electron chi connectivity index (χ1n) is 6.32. The first kappa shape index (κ1) is 15.2. The van der Waals surface area contributed by atoms with Gasteiger partial charge in [0.05, 0.1) is 12.7 Å². The number of unbranched alkanes of at least 4 members (excludes halogenated alkanes) is 3. The van der Waals surface area contributed by atoms with Crippen LogP contribution in [0.1, 0.15) is 46.5 Å². The summed E-state index contributed by atoms with van der Waals surface area (Å²) in [4.78, 5) is 4.24. The van der Waals surface area contributed by atoms with Gasteiger partial charge in [-0.1, -0.05) is 26.2 Å². The Balaban J connectivity index is 3.34. The van der Waals surface area contributed by atoms with Crippen molar-refractivity contribution in [1.29, 1.82) is 0 Å². The lowest BCUT2D eigenvalue weighted by Gasteiger charge is -2.08. The molecular weight excluding hydrogens is 202 g/mol. The standard InChI is InChI=1S/C12H27N3O/c1-4-5-6-7-8-14-12(13)15-9-10-16-11(2)3/h11H,4-10H2,1-3H3,(H3,13,14,15). The summed E-state index contributed by atoms with van der Waals surface area (Å²) in [6, 6.07) is 0. The van der Waals surface area contributed by atoms with Gasteiger partial charge in [0.15, 0.2) is 5.96 Å². The van der Waals surface area contributed by atoms with Gasteiger partial charge in [0.2, 0.25) is 0 Å². The molecule has 3 N–H and O–H groups in total. The van der Waals surface area contributed by atoms with Gasteiger partial charge in [-0.2, -0.15) is 0 Å². The molecule has 0 saturated carbocycles. The molecule has 0 unspecified atom stereocenters. The van der Waals surface area contributed by atoms with E-state index in [0.29, 0.717) is 12.6 Å². The van der Waals surface area contributed by atoms with E-state index in [2.05, 4.69) is 17.2 Å². The van der Waals surface area contributed by atoms with Crippen LogP contribution in [0.4, 0.5) is 0 Å². The summed E-state index contributed by atoms with van der Waals surface area (Å²) < 4.78 is 5.38. The van der Waals surface area contributed by atoms with Crippen LogP contribution < -0.4 is 11.1 Å². The van der Waals surface area contributed by atoms with E-state index in [9.17, 15) is 0 Å². The maximum Gasteiger partial charge on any atom is 0.188 e. The summed E-state index contributed by atoms with van der Waals surface area (Å²) >= 11 is 0. The van der Waals surface area contributed by atoms with E-state index in [1.807, 2.05) is 13.8 Å². The topological polar surface area (TPSA) is 59.6 Å². The lowest BCUT2D eigenvalue weighted by atomic mass is 10.2. The molecule has 0 atom stereocenters. The van der Waals surface area contributed by atoms with Crippen LogP contribution in [-0.2, 0) is 4.74 Å². The molecule has 0 saturated heterocycles. The third-order valence-corrected chi connectivity index (χ3v) is 2.15. The predicted octanol–water partition coefficient (Wildman–Crippen LogP) is 1.90. The van der Waals surface area contributed by atoms with Gasteiger partial charge in [-0.3, -0.25) is 4.99 Å². The molecule has 0 bridgehead atoms. The normalized spacial score (nSPS) is 12.1. The molecule has 0 aromatic heterocycles. The summed E-state index contributed by atoms with van der Waals surface area (Å²) in [5.41, 5.74) is 5.69. The highest BCUT2D eigenvalue weighted by Crippen LogP contribution is 1.98. The van der Waals surface area contributed by atoms with Gasteiger partial charge in [0.1, 0.15) is 0 Å². The van der Waals surface area contributed by atoms with E-state index >= 15 is 0 Å². The van der Waals surface area contributed by atoms with E-state index in [1.54, 1.807) is 0 Å². The second-order valence-electron chi connectivity index (χ2n) is 4.17. The Morgan fingerprint density at radius 3 is 2.69 bits per heavy atom. The number of nitrogens with one attached hydrogen (secondary N) is 1. The monoisotopic (exact) mass is 229 g/mol. The second-order valence-corrected chi connectivity index (χ2v) is 4.17. The highest BCUT2D eigenvalue weighted by Gasteiger charge is 1.94. The van der Waals surface area contributed by atoms with Crippen LogP contribution in [0, 0.1) is 0 Å². The molecule has 0 aliphatic carbocycles. The van der Waals surface area contributed by atoms with Gasteiger partial charge in [-0.15, -0.1) is 0 Å². The quantitative estimate of drug-likeness (QED) is 0.360. The number of ether oxygens (including phenoxy) is 1. The van der Waals surface area contributed by atoms with Crippen LogP contribution in [0.3, 0.4) is 0 Å². The average molecular weight is 229 g/mol. The zero-order valence-electron chi connectivity index (χ0n) is 11.0. The molecule has 4 heteroatoms. The van der Waals surface area contributed by atoms with Crippen LogP contribution >= 0.6 is 0 Å². The Labute approximate surface area is 99.7 Å². The summed E-state index contributed by atoms with van der Waals surface area (Å²) in [5.74, 6) is 0.531. The lowest BCUT2D eigenvalue weighted by Crippen LogP contribution is -2.34. The van der Waals surface area contributed by atoms with Gasteiger partial charge in [-0.25, -0.2) is 0 Å². The molecule has 0 spiro atoms. The molecule has 0 rings (SSSR count). The fourth-order valence-corrected chi connectivity index (χ4v) is 1.27. The number of nitrogens with two attached hydrogens (primary N) is 1. The molecule has 0 fully saturated rings. The Bertz CT molecular complexity index is 181. The summed E-state index contributed by atoms with van der Waals surface area (Å²) in [6.45, 7) is 8.46. The Hall–Kier alpha value is -0.770. The van der Waals surface area contributed by atoms with Crippen molar-refractivity contribution in [3.63, 3.8) is 0 Å². The Morgan fingerprint density at radius 2 is 2.06 bits per heavy atom. The first-order chi connectivity index (χ1) is 7.66.